The van der Waals surface area contributed by atoms with E-state index >= 15 is 0 Å². The van der Waals surface area contributed by atoms with E-state index in [4.69, 9.17) is 10.5 Å². The van der Waals surface area contributed by atoms with E-state index in [0.717, 1.165) is 11.1 Å². The molecular formula is C12H18N2O2. The third kappa shape index (κ3) is 3.24. The van der Waals surface area contributed by atoms with Gasteiger partial charge in [0.15, 0.2) is 6.61 Å². The summed E-state index contributed by atoms with van der Waals surface area (Å²) in [6, 6.07) is 5.74. The topological polar surface area (TPSA) is 64.3 Å². The average molecular weight is 222 g/mol. The van der Waals surface area contributed by atoms with Gasteiger partial charge in [0.05, 0.1) is 0 Å². The van der Waals surface area contributed by atoms with Gasteiger partial charge in [0.25, 0.3) is 5.91 Å². The van der Waals surface area contributed by atoms with Gasteiger partial charge in [-0.2, -0.15) is 0 Å². The zero-order chi connectivity index (χ0) is 12.1. The van der Waals surface area contributed by atoms with Crippen LogP contribution in [0.3, 0.4) is 0 Å². The molecule has 1 rings (SSSR count). The van der Waals surface area contributed by atoms with Crippen LogP contribution in [-0.4, -0.2) is 19.6 Å². The molecule has 0 radical (unpaired) electrons. The van der Waals surface area contributed by atoms with Gasteiger partial charge in [-0.3, -0.25) is 4.79 Å². The second-order valence-corrected chi connectivity index (χ2v) is 3.78. The lowest BCUT2D eigenvalue weighted by Gasteiger charge is -2.11. The standard InChI is InChI=1S/C12H18N2O2/c1-8-6-10(9(2)13)4-5-11(8)16-7-12(15)14-3/h4-6,9H,7,13H2,1-3H3,(H,14,15)/t9-/m0/s1. The number of hydrogen-bond donors (Lipinski definition) is 2. The third-order valence-electron chi connectivity index (χ3n) is 2.36. The van der Waals surface area contributed by atoms with Crippen molar-refractivity contribution in [1.82, 2.24) is 5.32 Å². The van der Waals surface area contributed by atoms with E-state index in [-0.39, 0.29) is 18.6 Å². The molecule has 0 aliphatic heterocycles. The minimum absolute atomic E-state index is 0.00619. The lowest BCUT2D eigenvalue weighted by Crippen LogP contribution is -2.25. The highest BCUT2D eigenvalue weighted by molar-refractivity contribution is 5.77. The highest BCUT2D eigenvalue weighted by Gasteiger charge is 2.05. The molecule has 1 atom stereocenters. The molecule has 0 aliphatic rings. The van der Waals surface area contributed by atoms with Gasteiger partial charge in [-0.25, -0.2) is 0 Å². The average Bonchev–Trinajstić information content (AvgIpc) is 2.26. The van der Waals surface area contributed by atoms with Crippen LogP contribution in [0.2, 0.25) is 0 Å². The zero-order valence-electron chi connectivity index (χ0n) is 9.91. The molecule has 0 saturated heterocycles. The molecule has 1 amide bonds. The van der Waals surface area contributed by atoms with Gasteiger partial charge in [-0.05, 0) is 31.0 Å². The van der Waals surface area contributed by atoms with Crippen LogP contribution in [0.4, 0.5) is 0 Å². The fraction of sp³-hybridized carbons (Fsp3) is 0.417. The summed E-state index contributed by atoms with van der Waals surface area (Å²) in [5.74, 6) is 0.573. The second-order valence-electron chi connectivity index (χ2n) is 3.78. The number of ether oxygens (including phenoxy) is 1. The number of nitrogens with one attached hydrogen (secondary N) is 1. The fourth-order valence-electron chi connectivity index (χ4n) is 1.33. The van der Waals surface area contributed by atoms with Crippen LogP contribution in [0.5, 0.6) is 5.75 Å². The zero-order valence-corrected chi connectivity index (χ0v) is 9.91. The molecular weight excluding hydrogens is 204 g/mol. The molecule has 0 bridgehead atoms. The van der Waals surface area contributed by atoms with Crippen molar-refractivity contribution < 1.29 is 9.53 Å². The predicted octanol–water partition coefficient (Wildman–Crippen LogP) is 1.14. The number of carbonyl (C=O) groups is 1. The smallest absolute Gasteiger partial charge is 0.257 e. The maximum atomic E-state index is 11.0. The summed E-state index contributed by atoms with van der Waals surface area (Å²) in [7, 11) is 1.58. The fourth-order valence-corrected chi connectivity index (χ4v) is 1.33. The number of amides is 1. The second kappa shape index (κ2) is 5.51. The summed E-state index contributed by atoms with van der Waals surface area (Å²) >= 11 is 0. The number of nitrogens with two attached hydrogens (primary N) is 1. The number of benzene rings is 1. The van der Waals surface area contributed by atoms with Crippen molar-refractivity contribution in [3.05, 3.63) is 29.3 Å². The Hall–Kier alpha value is -1.55. The predicted molar refractivity (Wildman–Crippen MR) is 63.3 cm³/mol. The van der Waals surface area contributed by atoms with Crippen LogP contribution in [0.25, 0.3) is 0 Å². The molecule has 1 aromatic rings. The number of hydrogen-bond acceptors (Lipinski definition) is 3. The quantitative estimate of drug-likeness (QED) is 0.803. The summed E-state index contributed by atoms with van der Waals surface area (Å²) in [5, 5.41) is 2.50. The summed E-state index contributed by atoms with van der Waals surface area (Å²) in [4.78, 5) is 11.0. The van der Waals surface area contributed by atoms with E-state index in [2.05, 4.69) is 5.32 Å². The largest absolute Gasteiger partial charge is 0.484 e. The van der Waals surface area contributed by atoms with Crippen LogP contribution in [0.15, 0.2) is 18.2 Å². The summed E-state index contributed by atoms with van der Waals surface area (Å²) in [6.45, 7) is 3.90. The van der Waals surface area contributed by atoms with Crippen molar-refractivity contribution in [2.45, 2.75) is 19.9 Å². The van der Waals surface area contributed by atoms with Crippen LogP contribution in [-0.2, 0) is 4.79 Å². The molecule has 0 aliphatic carbocycles. The van der Waals surface area contributed by atoms with Crippen LogP contribution in [0, 0.1) is 6.92 Å². The van der Waals surface area contributed by atoms with Crippen molar-refractivity contribution in [3.63, 3.8) is 0 Å². The maximum absolute atomic E-state index is 11.0. The Morgan fingerprint density at radius 3 is 2.75 bits per heavy atom. The van der Waals surface area contributed by atoms with Crippen LogP contribution >= 0.6 is 0 Å². The highest BCUT2D eigenvalue weighted by atomic mass is 16.5. The third-order valence-corrected chi connectivity index (χ3v) is 2.36. The van der Waals surface area contributed by atoms with E-state index in [0.29, 0.717) is 5.75 Å². The molecule has 1 aromatic carbocycles. The molecule has 4 nitrogen and oxygen atoms in total. The Bertz CT molecular complexity index is 375. The van der Waals surface area contributed by atoms with Crippen molar-refractivity contribution in [2.75, 3.05) is 13.7 Å². The van der Waals surface area contributed by atoms with E-state index in [9.17, 15) is 4.79 Å². The Labute approximate surface area is 95.8 Å². The normalized spacial score (nSPS) is 12.0. The van der Waals surface area contributed by atoms with Gasteiger partial charge in [0.2, 0.25) is 0 Å². The monoisotopic (exact) mass is 222 g/mol. The molecule has 4 heteroatoms. The summed E-state index contributed by atoms with van der Waals surface area (Å²) in [5.41, 5.74) is 7.82. The van der Waals surface area contributed by atoms with Crippen molar-refractivity contribution in [2.24, 2.45) is 5.73 Å². The van der Waals surface area contributed by atoms with Gasteiger partial charge in [-0.15, -0.1) is 0 Å². The molecule has 0 spiro atoms. The Morgan fingerprint density at radius 1 is 1.56 bits per heavy atom. The summed E-state index contributed by atoms with van der Waals surface area (Å²) < 4.78 is 5.37. The lowest BCUT2D eigenvalue weighted by atomic mass is 10.1. The van der Waals surface area contributed by atoms with E-state index in [1.165, 1.54) is 0 Å². The Balaban J connectivity index is 2.72. The Kier molecular flexibility index (Phi) is 4.31. The summed E-state index contributed by atoms with van der Waals surface area (Å²) in [6.07, 6.45) is 0. The minimum atomic E-state index is -0.143. The first-order chi connectivity index (χ1) is 7.54. The van der Waals surface area contributed by atoms with Gasteiger partial charge >= 0.3 is 0 Å². The van der Waals surface area contributed by atoms with Gasteiger partial charge in [0.1, 0.15) is 5.75 Å². The van der Waals surface area contributed by atoms with Gasteiger partial charge in [-0.1, -0.05) is 12.1 Å². The molecule has 0 unspecified atom stereocenters. The lowest BCUT2D eigenvalue weighted by molar-refractivity contribution is -0.122. The number of carbonyl (C=O) groups excluding carboxylic acids is 1. The first-order valence-electron chi connectivity index (χ1n) is 5.24. The molecule has 0 fully saturated rings. The first-order valence-corrected chi connectivity index (χ1v) is 5.24. The maximum Gasteiger partial charge on any atom is 0.257 e. The molecule has 3 N–H and O–H groups in total. The van der Waals surface area contributed by atoms with E-state index < -0.39 is 0 Å². The van der Waals surface area contributed by atoms with Crippen molar-refractivity contribution >= 4 is 5.91 Å². The molecule has 0 heterocycles. The van der Waals surface area contributed by atoms with Gasteiger partial charge < -0.3 is 15.8 Å². The number of aryl methyl sites for hydroxylation is 1. The van der Waals surface area contributed by atoms with Crippen LogP contribution in [0.1, 0.15) is 24.1 Å². The van der Waals surface area contributed by atoms with E-state index in [1.54, 1.807) is 7.05 Å². The molecule has 0 saturated carbocycles. The Morgan fingerprint density at radius 2 is 2.25 bits per heavy atom. The number of likely N-dealkylation sites (N-methyl/N-ethyl adjacent to an activating group) is 1. The van der Waals surface area contributed by atoms with Gasteiger partial charge in [0, 0.05) is 13.1 Å². The van der Waals surface area contributed by atoms with Crippen molar-refractivity contribution in [3.8, 4) is 5.75 Å². The minimum Gasteiger partial charge on any atom is -0.484 e. The first kappa shape index (κ1) is 12.5. The SMILES string of the molecule is CNC(=O)COc1ccc([C@H](C)N)cc1C. The highest BCUT2D eigenvalue weighted by Crippen LogP contribution is 2.21. The molecule has 16 heavy (non-hydrogen) atoms. The van der Waals surface area contributed by atoms with Crippen LogP contribution < -0.4 is 15.8 Å². The molecule has 88 valence electrons. The van der Waals surface area contributed by atoms with E-state index in [1.807, 2.05) is 32.0 Å². The van der Waals surface area contributed by atoms with Crippen molar-refractivity contribution in [1.29, 1.82) is 0 Å². The number of rotatable bonds is 4. The molecule has 0 aromatic heterocycles.